The van der Waals surface area contributed by atoms with Crippen molar-refractivity contribution in [3.05, 3.63) is 83.2 Å². The van der Waals surface area contributed by atoms with Crippen LogP contribution in [0.25, 0.3) is 0 Å². The second-order valence-electron chi connectivity index (χ2n) is 9.45. The van der Waals surface area contributed by atoms with E-state index < -0.39 is 5.82 Å². The lowest BCUT2D eigenvalue weighted by atomic mass is 9.75. The SMILES string of the molecule is COc1ccccc1CCC(=O)c1cc([C@@H]2CCCC[C@H]2COc2ccc3c(c2)OCO3)ccc1F. The zero-order chi connectivity index (χ0) is 24.9. The molecule has 1 aliphatic carbocycles. The Morgan fingerprint density at radius 1 is 1.00 bits per heavy atom. The average Bonchev–Trinajstić information content (AvgIpc) is 3.39. The molecule has 0 aromatic heterocycles. The number of hydrogen-bond acceptors (Lipinski definition) is 5. The van der Waals surface area contributed by atoms with Crippen LogP contribution in [-0.4, -0.2) is 26.3 Å². The van der Waals surface area contributed by atoms with E-state index in [0.717, 1.165) is 54.1 Å². The molecule has 0 unspecified atom stereocenters. The number of para-hydroxylation sites is 1. The van der Waals surface area contributed by atoms with Crippen LogP contribution in [0, 0.1) is 11.7 Å². The summed E-state index contributed by atoms with van der Waals surface area (Å²) in [5.41, 5.74) is 2.12. The number of hydrogen-bond donors (Lipinski definition) is 0. The summed E-state index contributed by atoms with van der Waals surface area (Å²) in [6, 6.07) is 18.3. The molecular weight excluding hydrogens is 459 g/mol. The number of benzene rings is 3. The second kappa shape index (κ2) is 11.0. The number of rotatable bonds is 9. The first kappa shape index (κ1) is 24.2. The number of carbonyl (C=O) groups excluding carboxylic acids is 1. The molecule has 5 nitrogen and oxygen atoms in total. The molecule has 1 heterocycles. The van der Waals surface area contributed by atoms with E-state index in [1.165, 1.54) is 6.07 Å². The van der Waals surface area contributed by atoms with Crippen LogP contribution in [-0.2, 0) is 6.42 Å². The van der Waals surface area contributed by atoms with Gasteiger partial charge in [0.1, 0.15) is 17.3 Å². The first-order valence-corrected chi connectivity index (χ1v) is 12.6. The van der Waals surface area contributed by atoms with Crippen molar-refractivity contribution in [2.75, 3.05) is 20.5 Å². The zero-order valence-corrected chi connectivity index (χ0v) is 20.5. The summed E-state index contributed by atoms with van der Waals surface area (Å²) in [4.78, 5) is 13.0. The fourth-order valence-corrected chi connectivity index (χ4v) is 5.30. The van der Waals surface area contributed by atoms with Gasteiger partial charge >= 0.3 is 0 Å². The highest BCUT2D eigenvalue weighted by Crippen LogP contribution is 2.40. The minimum absolute atomic E-state index is 0.170. The fourth-order valence-electron chi connectivity index (χ4n) is 5.30. The molecule has 0 saturated heterocycles. The van der Waals surface area contributed by atoms with Crippen molar-refractivity contribution in [3.8, 4) is 23.0 Å². The minimum Gasteiger partial charge on any atom is -0.496 e. The van der Waals surface area contributed by atoms with Gasteiger partial charge < -0.3 is 18.9 Å². The van der Waals surface area contributed by atoms with Crippen LogP contribution in [0.15, 0.2) is 60.7 Å². The molecule has 5 rings (SSSR count). The molecule has 0 radical (unpaired) electrons. The van der Waals surface area contributed by atoms with Crippen molar-refractivity contribution in [1.82, 2.24) is 0 Å². The van der Waals surface area contributed by atoms with Crippen LogP contribution >= 0.6 is 0 Å². The van der Waals surface area contributed by atoms with E-state index in [0.29, 0.717) is 18.8 Å². The second-order valence-corrected chi connectivity index (χ2v) is 9.45. The third-order valence-electron chi connectivity index (χ3n) is 7.25. The molecule has 36 heavy (non-hydrogen) atoms. The minimum atomic E-state index is -0.465. The largest absolute Gasteiger partial charge is 0.496 e. The number of halogens is 1. The summed E-state index contributed by atoms with van der Waals surface area (Å²) in [6.07, 6.45) is 5.00. The number of methoxy groups -OCH3 is 1. The third-order valence-corrected chi connectivity index (χ3v) is 7.25. The quantitative estimate of drug-likeness (QED) is 0.311. The maximum absolute atomic E-state index is 14.7. The van der Waals surface area contributed by atoms with Crippen molar-refractivity contribution >= 4 is 5.78 Å². The molecule has 0 amide bonds. The highest BCUT2D eigenvalue weighted by molar-refractivity contribution is 5.96. The molecule has 188 valence electrons. The normalized spacial score (nSPS) is 18.6. The van der Waals surface area contributed by atoms with Gasteiger partial charge in [0.2, 0.25) is 6.79 Å². The summed E-state index contributed by atoms with van der Waals surface area (Å²) in [7, 11) is 1.61. The molecule has 1 aliphatic heterocycles. The Hall–Kier alpha value is -3.54. The molecule has 0 N–H and O–H groups in total. The first-order valence-electron chi connectivity index (χ1n) is 12.6. The summed E-state index contributed by atoms with van der Waals surface area (Å²) >= 11 is 0. The van der Waals surface area contributed by atoms with Gasteiger partial charge in [-0.05, 0) is 72.6 Å². The zero-order valence-electron chi connectivity index (χ0n) is 20.5. The highest BCUT2D eigenvalue weighted by atomic mass is 19.1. The average molecular weight is 491 g/mol. The van der Waals surface area contributed by atoms with Crippen LogP contribution in [0.5, 0.6) is 23.0 Å². The molecule has 6 heteroatoms. The summed E-state index contributed by atoms with van der Waals surface area (Å²) < 4.78 is 37.1. The lowest BCUT2D eigenvalue weighted by Gasteiger charge is -2.32. The summed E-state index contributed by atoms with van der Waals surface area (Å²) in [5, 5.41) is 0. The van der Waals surface area contributed by atoms with Gasteiger partial charge in [-0.2, -0.15) is 0 Å². The number of carbonyl (C=O) groups is 1. The van der Waals surface area contributed by atoms with Crippen LogP contribution in [0.4, 0.5) is 4.39 Å². The smallest absolute Gasteiger partial charge is 0.231 e. The van der Waals surface area contributed by atoms with Crippen LogP contribution < -0.4 is 18.9 Å². The van der Waals surface area contributed by atoms with E-state index in [1.807, 2.05) is 48.5 Å². The van der Waals surface area contributed by atoms with Crippen molar-refractivity contribution in [1.29, 1.82) is 0 Å². The maximum Gasteiger partial charge on any atom is 0.231 e. The standard InChI is InChI=1S/C30H31FO5/c1-33-28-9-5-3-6-20(28)11-14-27(32)25-16-21(10-13-26(25)31)24-8-4-2-7-22(24)18-34-23-12-15-29-30(17-23)36-19-35-29/h3,5-6,9-10,12-13,15-17,22,24H,2,4,7-8,11,14,18-19H2,1H3/t22-,24-/m0/s1. The van der Waals surface area contributed by atoms with E-state index >= 15 is 0 Å². The van der Waals surface area contributed by atoms with Crippen molar-refractivity contribution in [2.45, 2.75) is 44.4 Å². The van der Waals surface area contributed by atoms with Crippen molar-refractivity contribution in [3.63, 3.8) is 0 Å². The number of ether oxygens (including phenoxy) is 4. The predicted molar refractivity (Wildman–Crippen MR) is 135 cm³/mol. The molecule has 3 aromatic rings. The van der Waals surface area contributed by atoms with Crippen molar-refractivity contribution < 1.29 is 28.1 Å². The predicted octanol–water partition coefficient (Wildman–Crippen LogP) is 6.73. The third kappa shape index (κ3) is 5.32. The van der Waals surface area contributed by atoms with Gasteiger partial charge in [-0.25, -0.2) is 4.39 Å². The molecule has 1 saturated carbocycles. The Kier molecular flexibility index (Phi) is 7.40. The number of fused-ring (bicyclic) bond motifs is 1. The Bertz CT molecular complexity index is 1220. The van der Waals surface area contributed by atoms with E-state index in [1.54, 1.807) is 13.2 Å². The van der Waals surface area contributed by atoms with E-state index in [2.05, 4.69) is 0 Å². The highest BCUT2D eigenvalue weighted by Gasteiger charge is 2.28. The summed E-state index contributed by atoms with van der Waals surface area (Å²) in [5.74, 6) is 2.76. The van der Waals surface area contributed by atoms with Crippen LogP contribution in [0.3, 0.4) is 0 Å². The van der Waals surface area contributed by atoms with Crippen molar-refractivity contribution in [2.24, 2.45) is 5.92 Å². The van der Waals surface area contributed by atoms with E-state index in [-0.39, 0.29) is 36.4 Å². The van der Waals surface area contributed by atoms with Crippen LogP contribution in [0.2, 0.25) is 0 Å². The van der Waals surface area contributed by atoms with E-state index in [9.17, 15) is 9.18 Å². The Balaban J connectivity index is 1.28. The molecule has 1 fully saturated rings. The lowest BCUT2D eigenvalue weighted by Crippen LogP contribution is -2.24. The molecule has 2 aliphatic rings. The Morgan fingerprint density at radius 2 is 1.83 bits per heavy atom. The topological polar surface area (TPSA) is 54.0 Å². The van der Waals surface area contributed by atoms with E-state index in [4.69, 9.17) is 18.9 Å². The molecule has 0 spiro atoms. The number of ketones is 1. The van der Waals surface area contributed by atoms with Gasteiger partial charge in [0.25, 0.3) is 0 Å². The van der Waals surface area contributed by atoms with Gasteiger partial charge in [-0.1, -0.05) is 37.1 Å². The molecule has 3 aromatic carbocycles. The Morgan fingerprint density at radius 3 is 2.72 bits per heavy atom. The monoisotopic (exact) mass is 490 g/mol. The summed E-state index contributed by atoms with van der Waals surface area (Å²) in [6.45, 7) is 0.784. The van der Waals surface area contributed by atoms with Gasteiger partial charge in [0, 0.05) is 12.5 Å². The fraction of sp³-hybridized carbons (Fsp3) is 0.367. The first-order chi connectivity index (χ1) is 17.6. The molecular formula is C30H31FO5. The van der Waals surface area contributed by atoms with Gasteiger partial charge in [-0.15, -0.1) is 0 Å². The van der Waals surface area contributed by atoms with Gasteiger partial charge in [-0.3, -0.25) is 4.79 Å². The Labute approximate surface area is 211 Å². The number of aryl methyl sites for hydroxylation is 1. The number of Topliss-reactive ketones (excluding diaryl/α,β-unsaturated/α-hetero) is 1. The molecule has 0 bridgehead atoms. The maximum atomic E-state index is 14.7. The van der Waals surface area contributed by atoms with Crippen LogP contribution in [0.1, 0.15) is 59.5 Å². The van der Waals surface area contributed by atoms with Gasteiger partial charge in [0.15, 0.2) is 17.3 Å². The lowest BCUT2D eigenvalue weighted by molar-refractivity contribution is 0.0978. The molecule has 2 atom stereocenters. The van der Waals surface area contributed by atoms with Gasteiger partial charge in [0.05, 0.1) is 19.3 Å².